The van der Waals surface area contributed by atoms with Crippen molar-refractivity contribution in [1.29, 1.82) is 0 Å². The van der Waals surface area contributed by atoms with Crippen LogP contribution in [0.3, 0.4) is 0 Å². The Kier molecular flexibility index (Phi) is 2.98. The quantitative estimate of drug-likeness (QED) is 0.913. The predicted octanol–water partition coefficient (Wildman–Crippen LogP) is 2.04. The number of para-hydroxylation sites is 1. The molecule has 0 fully saturated rings. The Hall–Kier alpha value is -1.88. The summed E-state index contributed by atoms with van der Waals surface area (Å²) in [5.74, 6) is 2.27. The number of benzene rings is 1. The molecule has 3 unspecified atom stereocenters. The van der Waals surface area contributed by atoms with Crippen LogP contribution < -0.4 is 10.5 Å². The Morgan fingerprint density at radius 1 is 1.32 bits per heavy atom. The third-order valence-electron chi connectivity index (χ3n) is 3.65. The summed E-state index contributed by atoms with van der Waals surface area (Å²) in [5.41, 5.74) is 6.97. The second kappa shape index (κ2) is 4.66. The second-order valence-corrected chi connectivity index (χ2v) is 5.04. The van der Waals surface area contributed by atoms with E-state index in [0.717, 1.165) is 11.3 Å². The van der Waals surface area contributed by atoms with Crippen LogP contribution in [0.4, 0.5) is 0 Å². The van der Waals surface area contributed by atoms with Crippen LogP contribution in [0, 0.1) is 0 Å². The van der Waals surface area contributed by atoms with Crippen molar-refractivity contribution in [2.24, 2.45) is 5.73 Å². The Balaban J connectivity index is 1.89. The van der Waals surface area contributed by atoms with Gasteiger partial charge in [-0.1, -0.05) is 30.3 Å². The average molecular weight is 259 g/mol. The zero-order valence-electron chi connectivity index (χ0n) is 11.0. The largest absolute Gasteiger partial charge is 0.492 e. The molecular formula is C14H17N3O2. The summed E-state index contributed by atoms with van der Waals surface area (Å²) in [6, 6.07) is 7.94. The zero-order chi connectivity index (χ0) is 13.4. The Morgan fingerprint density at radius 3 is 2.89 bits per heavy atom. The molecule has 19 heavy (non-hydrogen) atoms. The zero-order valence-corrected chi connectivity index (χ0v) is 11.0. The molecule has 0 radical (unpaired) electrons. The lowest BCUT2D eigenvalue weighted by Crippen LogP contribution is -2.22. The number of hydrogen-bond donors (Lipinski definition) is 1. The molecule has 0 spiro atoms. The number of hydrogen-bond acceptors (Lipinski definition) is 5. The summed E-state index contributed by atoms with van der Waals surface area (Å²) in [7, 11) is 0. The maximum atomic E-state index is 5.85. The molecule has 0 aliphatic carbocycles. The maximum Gasteiger partial charge on any atom is 0.231 e. The van der Waals surface area contributed by atoms with Gasteiger partial charge in [0.15, 0.2) is 5.82 Å². The van der Waals surface area contributed by atoms with E-state index in [0.29, 0.717) is 18.3 Å². The van der Waals surface area contributed by atoms with Crippen molar-refractivity contribution in [3.8, 4) is 5.75 Å². The summed E-state index contributed by atoms with van der Waals surface area (Å²) >= 11 is 0. The van der Waals surface area contributed by atoms with Gasteiger partial charge in [-0.05, 0) is 13.0 Å². The van der Waals surface area contributed by atoms with Gasteiger partial charge in [-0.3, -0.25) is 0 Å². The minimum Gasteiger partial charge on any atom is -0.492 e. The van der Waals surface area contributed by atoms with E-state index in [1.54, 1.807) is 0 Å². The van der Waals surface area contributed by atoms with Gasteiger partial charge in [0.25, 0.3) is 0 Å². The molecule has 0 saturated heterocycles. The number of ether oxygens (including phenoxy) is 1. The first-order valence-corrected chi connectivity index (χ1v) is 6.47. The maximum absolute atomic E-state index is 5.85. The lowest BCUT2D eigenvalue weighted by atomic mass is 10.0. The highest BCUT2D eigenvalue weighted by Crippen LogP contribution is 2.36. The van der Waals surface area contributed by atoms with Crippen LogP contribution in [-0.2, 0) is 0 Å². The summed E-state index contributed by atoms with van der Waals surface area (Å²) in [6.45, 7) is 4.48. The van der Waals surface area contributed by atoms with Crippen LogP contribution in [0.15, 0.2) is 28.8 Å². The van der Waals surface area contributed by atoms with E-state index in [9.17, 15) is 0 Å². The summed E-state index contributed by atoms with van der Waals surface area (Å²) in [5, 5.41) is 4.08. The van der Waals surface area contributed by atoms with E-state index in [1.807, 2.05) is 38.1 Å². The fraction of sp³-hybridized carbons (Fsp3) is 0.429. The molecule has 0 amide bonds. The highest BCUT2D eigenvalue weighted by molar-refractivity contribution is 5.42. The SMILES string of the molecule is CC(N)C(C)c1nc(C2COc3ccccc32)no1. The van der Waals surface area contributed by atoms with Crippen molar-refractivity contribution < 1.29 is 9.26 Å². The molecule has 2 heterocycles. The van der Waals surface area contributed by atoms with Crippen LogP contribution in [0.1, 0.15) is 43.0 Å². The molecule has 5 heteroatoms. The van der Waals surface area contributed by atoms with Crippen molar-refractivity contribution in [1.82, 2.24) is 10.1 Å². The Morgan fingerprint density at radius 2 is 2.11 bits per heavy atom. The van der Waals surface area contributed by atoms with Crippen molar-refractivity contribution in [3.05, 3.63) is 41.5 Å². The predicted molar refractivity (Wildman–Crippen MR) is 70.1 cm³/mol. The molecule has 1 aromatic carbocycles. The van der Waals surface area contributed by atoms with E-state index < -0.39 is 0 Å². The smallest absolute Gasteiger partial charge is 0.231 e. The van der Waals surface area contributed by atoms with Gasteiger partial charge in [-0.25, -0.2) is 0 Å². The molecule has 100 valence electrons. The summed E-state index contributed by atoms with van der Waals surface area (Å²) in [4.78, 5) is 4.47. The molecular weight excluding hydrogens is 242 g/mol. The first kappa shape index (κ1) is 12.2. The van der Waals surface area contributed by atoms with E-state index in [-0.39, 0.29) is 17.9 Å². The van der Waals surface area contributed by atoms with Crippen LogP contribution in [0.2, 0.25) is 0 Å². The molecule has 1 aliphatic rings. The first-order chi connectivity index (χ1) is 9.16. The van der Waals surface area contributed by atoms with E-state index in [4.69, 9.17) is 15.0 Å². The minimum absolute atomic E-state index is 0.0135. The number of nitrogens with two attached hydrogens (primary N) is 1. The van der Waals surface area contributed by atoms with Gasteiger partial charge in [-0.15, -0.1) is 0 Å². The molecule has 2 N–H and O–H groups in total. The second-order valence-electron chi connectivity index (χ2n) is 5.04. The number of rotatable bonds is 3. The van der Waals surface area contributed by atoms with Crippen LogP contribution in [0.5, 0.6) is 5.75 Å². The van der Waals surface area contributed by atoms with Gasteiger partial charge >= 0.3 is 0 Å². The molecule has 3 atom stereocenters. The van der Waals surface area contributed by atoms with E-state index >= 15 is 0 Å². The third-order valence-corrected chi connectivity index (χ3v) is 3.65. The van der Waals surface area contributed by atoms with Crippen molar-refractivity contribution in [2.45, 2.75) is 31.7 Å². The summed E-state index contributed by atoms with van der Waals surface area (Å²) < 4.78 is 11.0. The standard InChI is InChI=1S/C14H17N3O2/c1-8(9(2)15)14-16-13(17-19-14)11-7-18-12-6-4-3-5-10(11)12/h3-6,8-9,11H,7,15H2,1-2H3. The minimum atomic E-state index is -0.0135. The normalized spacial score (nSPS) is 20.7. The highest BCUT2D eigenvalue weighted by Gasteiger charge is 2.30. The highest BCUT2D eigenvalue weighted by atomic mass is 16.5. The number of aromatic nitrogens is 2. The van der Waals surface area contributed by atoms with Crippen LogP contribution in [-0.4, -0.2) is 22.8 Å². The average Bonchev–Trinajstić information content (AvgIpc) is 3.03. The van der Waals surface area contributed by atoms with E-state index in [2.05, 4.69) is 10.1 Å². The molecule has 5 nitrogen and oxygen atoms in total. The number of nitrogens with zero attached hydrogens (tertiary/aromatic N) is 2. The molecule has 1 aromatic heterocycles. The molecule has 1 aliphatic heterocycles. The molecule has 0 saturated carbocycles. The summed E-state index contributed by atoms with van der Waals surface area (Å²) in [6.07, 6.45) is 0. The van der Waals surface area contributed by atoms with Gasteiger partial charge in [0, 0.05) is 11.6 Å². The molecule has 0 bridgehead atoms. The third kappa shape index (κ3) is 2.10. The fourth-order valence-electron chi connectivity index (χ4n) is 2.18. The lowest BCUT2D eigenvalue weighted by Gasteiger charge is -2.09. The van der Waals surface area contributed by atoms with Crippen LogP contribution in [0.25, 0.3) is 0 Å². The van der Waals surface area contributed by atoms with Crippen molar-refractivity contribution in [2.75, 3.05) is 6.61 Å². The first-order valence-electron chi connectivity index (χ1n) is 6.47. The number of fused-ring (bicyclic) bond motifs is 1. The van der Waals surface area contributed by atoms with E-state index in [1.165, 1.54) is 0 Å². The van der Waals surface area contributed by atoms with Gasteiger partial charge in [0.05, 0.1) is 11.8 Å². The molecule has 3 rings (SSSR count). The van der Waals surface area contributed by atoms with Gasteiger partial charge in [0.2, 0.25) is 5.89 Å². The molecule has 2 aromatic rings. The topological polar surface area (TPSA) is 74.2 Å². The van der Waals surface area contributed by atoms with Crippen LogP contribution >= 0.6 is 0 Å². The Labute approximate surface area is 111 Å². The van der Waals surface area contributed by atoms with Gasteiger partial charge < -0.3 is 15.0 Å². The Bertz CT molecular complexity index is 580. The lowest BCUT2D eigenvalue weighted by molar-refractivity contribution is 0.325. The monoisotopic (exact) mass is 259 g/mol. The fourth-order valence-corrected chi connectivity index (χ4v) is 2.18. The van der Waals surface area contributed by atoms with Gasteiger partial charge in [0.1, 0.15) is 12.4 Å². The van der Waals surface area contributed by atoms with Crippen molar-refractivity contribution >= 4 is 0 Å². The van der Waals surface area contributed by atoms with Gasteiger partial charge in [-0.2, -0.15) is 4.98 Å². The van der Waals surface area contributed by atoms with Crippen molar-refractivity contribution in [3.63, 3.8) is 0 Å².